The van der Waals surface area contributed by atoms with E-state index in [9.17, 15) is 4.79 Å². The third kappa shape index (κ3) is 6.29. The first-order valence-electron chi connectivity index (χ1n) is 7.60. The number of methoxy groups -OCH3 is 2. The second-order valence-corrected chi connectivity index (χ2v) is 7.11. The van der Waals surface area contributed by atoms with Gasteiger partial charge in [-0.3, -0.25) is 0 Å². The molecule has 0 heterocycles. The molecule has 0 radical (unpaired) electrons. The minimum atomic E-state index is -0.513. The molecule has 0 aliphatic rings. The van der Waals surface area contributed by atoms with Gasteiger partial charge in [-0.2, -0.15) is 0 Å². The number of halogens is 1. The Balaban J connectivity index is 2.88. The number of hydrogen-bond donors (Lipinski definition) is 1. The summed E-state index contributed by atoms with van der Waals surface area (Å²) < 4.78 is 16.9. The van der Waals surface area contributed by atoms with Crippen molar-refractivity contribution in [3.63, 3.8) is 0 Å². The van der Waals surface area contributed by atoms with Crippen LogP contribution in [0.4, 0.5) is 4.79 Å². The van der Waals surface area contributed by atoms with E-state index < -0.39 is 11.7 Å². The monoisotopic (exact) mass is 387 g/mol. The molecule has 0 spiro atoms. The summed E-state index contributed by atoms with van der Waals surface area (Å²) >= 11 is 3.44. The SMILES string of the molecule is CCC(Cc1cc(OC)c(Br)cc1OC)NC(=O)OC(C)(C)C. The van der Waals surface area contributed by atoms with Gasteiger partial charge in [0.15, 0.2) is 0 Å². The predicted octanol–water partition coefficient (Wildman–Crippen LogP) is 4.31. The molecule has 5 nitrogen and oxygen atoms in total. The fraction of sp³-hybridized carbons (Fsp3) is 0.588. The highest BCUT2D eigenvalue weighted by atomic mass is 79.9. The molecule has 1 aromatic rings. The predicted molar refractivity (Wildman–Crippen MR) is 94.4 cm³/mol. The van der Waals surface area contributed by atoms with Gasteiger partial charge in [-0.15, -0.1) is 0 Å². The molecule has 1 unspecified atom stereocenters. The lowest BCUT2D eigenvalue weighted by Crippen LogP contribution is -2.40. The molecule has 1 rings (SSSR count). The number of nitrogens with one attached hydrogen (secondary N) is 1. The molecule has 1 amide bonds. The van der Waals surface area contributed by atoms with Gasteiger partial charge in [-0.05, 0) is 67.2 Å². The number of benzene rings is 1. The average Bonchev–Trinajstić information content (AvgIpc) is 2.45. The van der Waals surface area contributed by atoms with E-state index in [-0.39, 0.29) is 6.04 Å². The largest absolute Gasteiger partial charge is 0.496 e. The normalized spacial score (nSPS) is 12.5. The van der Waals surface area contributed by atoms with Crippen LogP contribution in [0.25, 0.3) is 0 Å². The van der Waals surface area contributed by atoms with E-state index >= 15 is 0 Å². The highest BCUT2D eigenvalue weighted by Crippen LogP contribution is 2.33. The number of carbonyl (C=O) groups is 1. The smallest absolute Gasteiger partial charge is 0.407 e. The van der Waals surface area contributed by atoms with E-state index in [0.717, 1.165) is 28.0 Å². The molecule has 130 valence electrons. The van der Waals surface area contributed by atoms with E-state index in [2.05, 4.69) is 21.2 Å². The molecule has 0 aliphatic carbocycles. The van der Waals surface area contributed by atoms with Crippen LogP contribution in [0.2, 0.25) is 0 Å². The number of carbonyl (C=O) groups excluding carboxylic acids is 1. The summed E-state index contributed by atoms with van der Waals surface area (Å²) in [7, 11) is 3.24. The summed E-state index contributed by atoms with van der Waals surface area (Å²) in [6, 6.07) is 3.74. The molecule has 0 saturated heterocycles. The third-order valence-electron chi connectivity index (χ3n) is 3.23. The van der Waals surface area contributed by atoms with Gasteiger partial charge in [-0.1, -0.05) is 6.92 Å². The van der Waals surface area contributed by atoms with Gasteiger partial charge in [-0.25, -0.2) is 4.79 Å². The van der Waals surface area contributed by atoms with Crippen molar-refractivity contribution in [2.24, 2.45) is 0 Å². The Bertz CT molecular complexity index is 540. The second kappa shape index (κ2) is 8.43. The number of hydrogen-bond acceptors (Lipinski definition) is 4. The number of rotatable bonds is 6. The second-order valence-electron chi connectivity index (χ2n) is 6.25. The van der Waals surface area contributed by atoms with Crippen molar-refractivity contribution in [2.45, 2.75) is 52.2 Å². The summed E-state index contributed by atoms with van der Waals surface area (Å²) in [5.74, 6) is 1.48. The fourth-order valence-corrected chi connectivity index (χ4v) is 2.60. The lowest BCUT2D eigenvalue weighted by molar-refractivity contribution is 0.0502. The Morgan fingerprint density at radius 2 is 1.83 bits per heavy atom. The maximum Gasteiger partial charge on any atom is 0.407 e. The molecule has 0 fully saturated rings. The lowest BCUT2D eigenvalue weighted by Gasteiger charge is -2.23. The van der Waals surface area contributed by atoms with Crippen LogP contribution in [-0.4, -0.2) is 32.0 Å². The Labute approximate surface area is 146 Å². The zero-order valence-electron chi connectivity index (χ0n) is 14.7. The van der Waals surface area contributed by atoms with Crippen molar-refractivity contribution >= 4 is 22.0 Å². The van der Waals surface area contributed by atoms with Crippen molar-refractivity contribution in [1.82, 2.24) is 5.32 Å². The summed E-state index contributed by atoms with van der Waals surface area (Å²) in [6.07, 6.45) is 0.996. The van der Waals surface area contributed by atoms with Gasteiger partial charge in [0.25, 0.3) is 0 Å². The van der Waals surface area contributed by atoms with Crippen molar-refractivity contribution in [2.75, 3.05) is 14.2 Å². The van der Waals surface area contributed by atoms with Crippen LogP contribution in [0.15, 0.2) is 16.6 Å². The van der Waals surface area contributed by atoms with Crippen LogP contribution >= 0.6 is 15.9 Å². The van der Waals surface area contributed by atoms with Crippen LogP contribution in [-0.2, 0) is 11.2 Å². The molecule has 6 heteroatoms. The van der Waals surface area contributed by atoms with Crippen LogP contribution in [0.3, 0.4) is 0 Å². The van der Waals surface area contributed by atoms with Gasteiger partial charge in [0.2, 0.25) is 0 Å². The molecule has 0 saturated carbocycles. The number of amides is 1. The Hall–Kier alpha value is -1.43. The molecular formula is C17H26BrNO4. The molecular weight excluding hydrogens is 362 g/mol. The number of ether oxygens (including phenoxy) is 3. The number of alkyl carbamates (subject to hydrolysis) is 1. The summed E-state index contributed by atoms with van der Waals surface area (Å²) in [4.78, 5) is 12.0. The quantitative estimate of drug-likeness (QED) is 0.789. The Kier molecular flexibility index (Phi) is 7.19. The first-order valence-corrected chi connectivity index (χ1v) is 8.39. The summed E-state index contributed by atoms with van der Waals surface area (Å²) in [6.45, 7) is 7.55. The van der Waals surface area contributed by atoms with E-state index in [0.29, 0.717) is 6.42 Å². The van der Waals surface area contributed by atoms with Gasteiger partial charge in [0, 0.05) is 6.04 Å². The first-order chi connectivity index (χ1) is 10.7. The highest BCUT2D eigenvalue weighted by Gasteiger charge is 2.20. The van der Waals surface area contributed by atoms with Crippen molar-refractivity contribution < 1.29 is 19.0 Å². The zero-order valence-corrected chi connectivity index (χ0v) is 16.2. The van der Waals surface area contributed by atoms with Crippen molar-refractivity contribution in [3.8, 4) is 11.5 Å². The topological polar surface area (TPSA) is 56.8 Å². The average molecular weight is 388 g/mol. The van der Waals surface area contributed by atoms with E-state index in [1.165, 1.54) is 0 Å². The minimum Gasteiger partial charge on any atom is -0.496 e. The van der Waals surface area contributed by atoms with Gasteiger partial charge in [0.1, 0.15) is 17.1 Å². The van der Waals surface area contributed by atoms with Gasteiger partial charge >= 0.3 is 6.09 Å². The van der Waals surface area contributed by atoms with Gasteiger partial charge < -0.3 is 19.5 Å². The first kappa shape index (κ1) is 19.6. The summed E-state index contributed by atoms with van der Waals surface area (Å²) in [5, 5.41) is 2.91. The van der Waals surface area contributed by atoms with Crippen molar-refractivity contribution in [3.05, 3.63) is 22.2 Å². The highest BCUT2D eigenvalue weighted by molar-refractivity contribution is 9.10. The third-order valence-corrected chi connectivity index (χ3v) is 3.85. The molecule has 0 aliphatic heterocycles. The van der Waals surface area contributed by atoms with E-state index in [1.807, 2.05) is 39.8 Å². The molecule has 23 heavy (non-hydrogen) atoms. The Morgan fingerprint density at radius 3 is 2.30 bits per heavy atom. The van der Waals surface area contributed by atoms with Crippen LogP contribution in [0.5, 0.6) is 11.5 Å². The maximum absolute atomic E-state index is 12.0. The van der Waals surface area contributed by atoms with E-state index in [1.54, 1.807) is 14.2 Å². The van der Waals surface area contributed by atoms with Crippen molar-refractivity contribution in [1.29, 1.82) is 0 Å². The molecule has 1 N–H and O–H groups in total. The Morgan fingerprint density at radius 1 is 1.22 bits per heavy atom. The zero-order chi connectivity index (χ0) is 17.6. The van der Waals surface area contributed by atoms with Crippen LogP contribution < -0.4 is 14.8 Å². The fourth-order valence-electron chi connectivity index (χ4n) is 2.12. The standard InChI is InChI=1S/C17H26BrNO4/c1-7-12(19-16(20)23-17(2,3)4)8-11-9-15(22-6)13(18)10-14(11)21-5/h9-10,12H,7-8H2,1-6H3,(H,19,20). The molecule has 1 aromatic carbocycles. The minimum absolute atomic E-state index is 0.0513. The maximum atomic E-state index is 12.0. The summed E-state index contributed by atoms with van der Waals surface area (Å²) in [5.41, 5.74) is 0.455. The van der Waals surface area contributed by atoms with Crippen LogP contribution in [0.1, 0.15) is 39.7 Å². The lowest BCUT2D eigenvalue weighted by atomic mass is 10.0. The molecule has 0 aromatic heterocycles. The van der Waals surface area contributed by atoms with Crippen LogP contribution in [0, 0.1) is 0 Å². The molecule has 0 bridgehead atoms. The van der Waals surface area contributed by atoms with Gasteiger partial charge in [0.05, 0.1) is 18.7 Å². The van der Waals surface area contributed by atoms with E-state index in [4.69, 9.17) is 14.2 Å². The molecule has 1 atom stereocenters.